The molecule has 1 aromatic heterocycles. The number of nitrogens with zero attached hydrogens (tertiary/aromatic N) is 1. The molecule has 0 spiro atoms. The molecular weight excluding hydrogens is 130 g/mol. The van der Waals surface area contributed by atoms with Crippen LogP contribution in [0.4, 0.5) is 0 Å². The lowest BCUT2D eigenvalue weighted by Gasteiger charge is -1.84. The Hall–Kier alpha value is -0.970. The number of aromatic nitrogens is 1. The zero-order valence-electron chi connectivity index (χ0n) is 3.81. The predicted molar refractivity (Wildman–Crippen MR) is 26.6 cm³/mol. The highest BCUT2D eigenvalue weighted by molar-refractivity contribution is 7.00. The van der Waals surface area contributed by atoms with Crippen LogP contribution in [0.5, 0.6) is 0 Å². The monoisotopic (exact) mass is 133 g/mol. The van der Waals surface area contributed by atoms with Gasteiger partial charge in [0.05, 0.1) is 23.2 Å². The van der Waals surface area contributed by atoms with Crippen molar-refractivity contribution in [1.29, 1.82) is 0 Å². The molecule has 5 heteroatoms. The Morgan fingerprint density at radius 3 is 3.00 bits per heavy atom. The zero-order valence-corrected chi connectivity index (χ0v) is 4.63. The fraction of sp³-hybridized carbons (Fsp3) is 0. The lowest BCUT2D eigenvalue weighted by atomic mass is 11.0. The first kappa shape index (κ1) is 5.17. The minimum Gasteiger partial charge on any atom is -0.275 e. The van der Waals surface area contributed by atoms with Crippen molar-refractivity contribution in [1.82, 2.24) is 4.74 Å². The van der Waals surface area contributed by atoms with Gasteiger partial charge in [0.25, 0.3) is 6.41 Å². The number of carbonyl (C=O) groups is 1. The van der Waals surface area contributed by atoms with Crippen LogP contribution in [0.25, 0.3) is 0 Å². The van der Waals surface area contributed by atoms with Crippen LogP contribution in [0.2, 0.25) is 0 Å². The van der Waals surface area contributed by atoms with Gasteiger partial charge in [-0.15, -0.1) is 4.74 Å². The number of rotatable bonds is 1. The SMILES string of the molecule is O=Cn1ccsoo1. The van der Waals surface area contributed by atoms with Crippen molar-refractivity contribution in [3.63, 3.8) is 0 Å². The maximum Gasteiger partial charge on any atom is 0.251 e. The first-order valence-electron chi connectivity index (χ1n) is 1.84. The van der Waals surface area contributed by atoms with Gasteiger partial charge in [0.15, 0.2) is 0 Å². The molecule has 0 fully saturated rings. The Morgan fingerprint density at radius 1 is 1.75 bits per heavy atom. The summed E-state index contributed by atoms with van der Waals surface area (Å²) in [5.74, 6) is 0. The topological polar surface area (TPSA) is 48.3 Å². The summed E-state index contributed by atoms with van der Waals surface area (Å²) in [5.41, 5.74) is 0. The van der Waals surface area contributed by atoms with Gasteiger partial charge in [-0.3, -0.25) is 4.79 Å². The van der Waals surface area contributed by atoms with E-state index < -0.39 is 0 Å². The summed E-state index contributed by atoms with van der Waals surface area (Å²) in [6.45, 7) is 0. The van der Waals surface area contributed by atoms with Crippen LogP contribution < -0.4 is 0 Å². The van der Waals surface area contributed by atoms with Gasteiger partial charge >= 0.3 is 0 Å². The van der Waals surface area contributed by atoms with Crippen molar-refractivity contribution in [2.45, 2.75) is 0 Å². The third-order valence-electron chi connectivity index (χ3n) is 0.523. The van der Waals surface area contributed by atoms with E-state index in [2.05, 4.69) is 8.69 Å². The van der Waals surface area contributed by atoms with E-state index in [0.29, 0.717) is 6.41 Å². The number of hydrogen-bond acceptors (Lipinski definition) is 4. The van der Waals surface area contributed by atoms with Crippen LogP contribution in [0, 0.1) is 0 Å². The Labute approximate surface area is 48.7 Å². The van der Waals surface area contributed by atoms with Crippen LogP contribution in [0.3, 0.4) is 0 Å². The van der Waals surface area contributed by atoms with E-state index in [1.807, 2.05) is 0 Å². The molecule has 44 valence electrons. The summed E-state index contributed by atoms with van der Waals surface area (Å²) in [4.78, 5) is 9.82. The van der Waals surface area contributed by atoms with Crippen LogP contribution in [-0.4, -0.2) is 11.1 Å². The maximum atomic E-state index is 9.82. The summed E-state index contributed by atoms with van der Waals surface area (Å²) in [5, 5.41) is 1.58. The molecule has 1 heterocycles. The van der Waals surface area contributed by atoms with E-state index in [0.717, 1.165) is 16.4 Å². The molecule has 0 amide bonds. The van der Waals surface area contributed by atoms with Gasteiger partial charge in [-0.2, -0.15) is 4.68 Å². The van der Waals surface area contributed by atoms with E-state index in [9.17, 15) is 4.79 Å². The standard InChI is InChI=1S/C3H3NO3S/c5-3-4-1-2-8-7-6-4/h1-3H. The Bertz CT molecular complexity index is 177. The maximum absolute atomic E-state index is 9.82. The summed E-state index contributed by atoms with van der Waals surface area (Å²) in [6, 6.07) is 0. The van der Waals surface area contributed by atoms with Crippen molar-refractivity contribution in [3.05, 3.63) is 11.6 Å². The first-order chi connectivity index (χ1) is 3.93. The molecule has 0 aliphatic heterocycles. The Balaban J connectivity index is 2.99. The smallest absolute Gasteiger partial charge is 0.251 e. The molecule has 0 radical (unpaired) electrons. The highest BCUT2D eigenvalue weighted by Gasteiger charge is 1.79. The van der Waals surface area contributed by atoms with Crippen molar-refractivity contribution in [3.8, 4) is 0 Å². The predicted octanol–water partition coefficient (Wildman–Crippen LogP) is 0.898. The molecule has 0 aromatic carbocycles. The summed E-state index contributed by atoms with van der Waals surface area (Å²) < 4.78 is 9.48. The minimum atomic E-state index is 0.496. The average Bonchev–Trinajstić information content (AvgIpc) is 1.90. The molecule has 0 saturated carbocycles. The summed E-state index contributed by atoms with van der Waals surface area (Å²) in [7, 11) is 0. The van der Waals surface area contributed by atoms with Crippen LogP contribution in [0.1, 0.15) is 0 Å². The quantitative estimate of drug-likeness (QED) is 0.422. The van der Waals surface area contributed by atoms with E-state index in [-0.39, 0.29) is 0 Å². The van der Waals surface area contributed by atoms with Crippen LogP contribution in [0.15, 0.2) is 20.3 Å². The average molecular weight is 133 g/mol. The van der Waals surface area contributed by atoms with Gasteiger partial charge in [-0.1, -0.05) is 0 Å². The van der Waals surface area contributed by atoms with Gasteiger partial charge < -0.3 is 0 Å². The van der Waals surface area contributed by atoms with Crippen LogP contribution in [-0.2, 0) is 4.79 Å². The third-order valence-corrected chi connectivity index (χ3v) is 0.895. The number of hydrogen-bond donors (Lipinski definition) is 0. The van der Waals surface area contributed by atoms with E-state index in [1.165, 1.54) is 6.20 Å². The molecule has 0 aliphatic carbocycles. The van der Waals surface area contributed by atoms with Gasteiger partial charge in [0.1, 0.15) is 0 Å². The lowest BCUT2D eigenvalue weighted by molar-refractivity contribution is 0.00714. The zero-order chi connectivity index (χ0) is 5.82. The molecule has 1 rings (SSSR count). The molecule has 4 nitrogen and oxygen atoms in total. The summed E-state index contributed by atoms with van der Waals surface area (Å²) >= 11 is 1.01. The second-order valence-electron chi connectivity index (χ2n) is 0.989. The second kappa shape index (κ2) is 2.37. The van der Waals surface area contributed by atoms with Gasteiger partial charge in [0.2, 0.25) is 0 Å². The van der Waals surface area contributed by atoms with E-state index in [1.54, 1.807) is 5.38 Å². The molecule has 8 heavy (non-hydrogen) atoms. The molecule has 0 N–H and O–H groups in total. The summed E-state index contributed by atoms with van der Waals surface area (Å²) in [6.07, 6.45) is 1.94. The second-order valence-corrected chi connectivity index (χ2v) is 1.59. The minimum absolute atomic E-state index is 0.496. The highest BCUT2D eigenvalue weighted by Crippen LogP contribution is 1.90. The molecule has 0 unspecified atom stereocenters. The largest absolute Gasteiger partial charge is 0.275 e. The number of carbonyl (C=O) groups excluding carboxylic acids is 1. The van der Waals surface area contributed by atoms with Gasteiger partial charge in [-0.25, -0.2) is 4.01 Å². The van der Waals surface area contributed by atoms with Gasteiger partial charge in [-0.05, 0) is 0 Å². The highest BCUT2D eigenvalue weighted by atomic mass is 32.1. The van der Waals surface area contributed by atoms with Crippen molar-refractivity contribution >= 4 is 18.0 Å². The molecule has 0 aliphatic rings. The van der Waals surface area contributed by atoms with Gasteiger partial charge in [0, 0.05) is 0 Å². The molecule has 0 atom stereocenters. The molecular formula is C3H3NO3S. The lowest BCUT2D eigenvalue weighted by Crippen LogP contribution is -1.90. The van der Waals surface area contributed by atoms with Crippen LogP contribution >= 0.6 is 11.6 Å². The Kier molecular flexibility index (Phi) is 1.53. The first-order valence-corrected chi connectivity index (χ1v) is 2.64. The molecule has 0 bridgehead atoms. The fourth-order valence-corrected chi connectivity index (χ4v) is 0.558. The van der Waals surface area contributed by atoms with E-state index >= 15 is 0 Å². The van der Waals surface area contributed by atoms with E-state index in [4.69, 9.17) is 0 Å². The third kappa shape index (κ3) is 1.00. The van der Waals surface area contributed by atoms with Crippen molar-refractivity contribution in [2.24, 2.45) is 0 Å². The normalized spacial score (nSPS) is 8.50. The van der Waals surface area contributed by atoms with Crippen molar-refractivity contribution in [2.75, 3.05) is 0 Å². The molecule has 0 saturated heterocycles. The Morgan fingerprint density at radius 2 is 2.62 bits per heavy atom. The fourth-order valence-electron chi connectivity index (χ4n) is 0.238. The molecule has 1 aromatic rings. The van der Waals surface area contributed by atoms with Crippen molar-refractivity contribution < 1.29 is 13.5 Å².